The Bertz CT molecular complexity index is 1050. The predicted octanol–water partition coefficient (Wildman–Crippen LogP) is 5.29. The van der Waals surface area contributed by atoms with E-state index in [4.69, 9.17) is 4.98 Å². The van der Waals surface area contributed by atoms with Gasteiger partial charge in [-0.2, -0.15) is 13.2 Å². The highest BCUT2D eigenvalue weighted by Crippen LogP contribution is 2.34. The van der Waals surface area contributed by atoms with Gasteiger partial charge < -0.3 is 15.1 Å². The van der Waals surface area contributed by atoms with Gasteiger partial charge in [0.1, 0.15) is 0 Å². The zero-order valence-corrected chi connectivity index (χ0v) is 17.4. The Morgan fingerprint density at radius 2 is 1.77 bits per heavy atom. The normalized spacial score (nSPS) is 15.0. The summed E-state index contributed by atoms with van der Waals surface area (Å²) in [4.78, 5) is 21.1. The first-order valence-corrected chi connectivity index (χ1v) is 10.4. The summed E-state index contributed by atoms with van der Waals surface area (Å²) in [6, 6.07) is 8.43. The Labute approximate surface area is 176 Å². The van der Waals surface area contributed by atoms with Crippen LogP contribution in [-0.4, -0.2) is 42.1 Å². The number of aromatic nitrogens is 1. The fourth-order valence-electron chi connectivity index (χ4n) is 3.46. The second kappa shape index (κ2) is 7.79. The highest BCUT2D eigenvalue weighted by atomic mass is 32.1. The maximum Gasteiger partial charge on any atom is 0.416 e. The van der Waals surface area contributed by atoms with Gasteiger partial charge in [0.05, 0.1) is 15.8 Å². The average Bonchev–Trinajstić information content (AvgIpc) is 3.17. The number of nitrogens with zero attached hydrogens (tertiary/aromatic N) is 3. The summed E-state index contributed by atoms with van der Waals surface area (Å²) < 4.78 is 39.7. The molecule has 1 saturated heterocycles. The van der Waals surface area contributed by atoms with Gasteiger partial charge in [-0.1, -0.05) is 29.5 Å². The van der Waals surface area contributed by atoms with Crippen molar-refractivity contribution in [2.45, 2.75) is 20.0 Å². The number of hydrogen-bond donors (Lipinski definition) is 1. The highest BCUT2D eigenvalue weighted by molar-refractivity contribution is 7.22. The molecule has 4 rings (SSSR count). The van der Waals surface area contributed by atoms with Crippen LogP contribution in [0.5, 0.6) is 0 Å². The van der Waals surface area contributed by atoms with Gasteiger partial charge in [0.15, 0.2) is 5.13 Å². The number of halogens is 3. The molecule has 1 aliphatic heterocycles. The number of amides is 2. The first kappa shape index (κ1) is 20.5. The lowest BCUT2D eigenvalue weighted by Gasteiger charge is -2.34. The van der Waals surface area contributed by atoms with Crippen LogP contribution in [0.25, 0.3) is 10.2 Å². The summed E-state index contributed by atoms with van der Waals surface area (Å²) in [5, 5.41) is 3.50. The van der Waals surface area contributed by atoms with Crippen molar-refractivity contribution in [2.75, 3.05) is 36.4 Å². The Balaban J connectivity index is 1.41. The van der Waals surface area contributed by atoms with Crippen molar-refractivity contribution in [3.8, 4) is 0 Å². The number of piperazine rings is 1. The third kappa shape index (κ3) is 4.07. The number of thiazole rings is 1. The van der Waals surface area contributed by atoms with Gasteiger partial charge in [-0.15, -0.1) is 0 Å². The number of nitrogens with one attached hydrogen (secondary N) is 1. The molecule has 2 heterocycles. The summed E-state index contributed by atoms with van der Waals surface area (Å²) in [6.45, 7) is 6.29. The van der Waals surface area contributed by atoms with E-state index in [-0.39, 0.29) is 5.69 Å². The molecule has 2 aromatic carbocycles. The van der Waals surface area contributed by atoms with E-state index < -0.39 is 17.8 Å². The molecule has 158 valence electrons. The van der Waals surface area contributed by atoms with Crippen molar-refractivity contribution in [3.05, 3.63) is 53.1 Å². The van der Waals surface area contributed by atoms with Crippen molar-refractivity contribution in [3.63, 3.8) is 0 Å². The number of fused-ring (bicyclic) bond motifs is 1. The Morgan fingerprint density at radius 1 is 1.07 bits per heavy atom. The summed E-state index contributed by atoms with van der Waals surface area (Å²) >= 11 is 1.65. The number of urea groups is 1. The molecule has 0 bridgehead atoms. The quantitative estimate of drug-likeness (QED) is 0.597. The molecule has 0 spiro atoms. The van der Waals surface area contributed by atoms with E-state index in [1.165, 1.54) is 22.4 Å². The van der Waals surface area contributed by atoms with Crippen molar-refractivity contribution in [1.29, 1.82) is 0 Å². The molecule has 0 saturated carbocycles. The molecular formula is C21H21F3N4OS. The van der Waals surface area contributed by atoms with Crippen LogP contribution >= 0.6 is 11.3 Å². The SMILES string of the molecule is Cc1ccc(C)c2sc(N3CCN(C(=O)Nc4cccc(C(F)(F)F)c4)CC3)nc12. The third-order valence-electron chi connectivity index (χ3n) is 5.21. The lowest BCUT2D eigenvalue weighted by molar-refractivity contribution is -0.137. The zero-order chi connectivity index (χ0) is 21.5. The molecule has 30 heavy (non-hydrogen) atoms. The van der Waals surface area contributed by atoms with E-state index >= 15 is 0 Å². The van der Waals surface area contributed by atoms with E-state index in [1.807, 2.05) is 6.92 Å². The number of carbonyl (C=O) groups is 1. The Morgan fingerprint density at radius 3 is 2.43 bits per heavy atom. The third-order valence-corrected chi connectivity index (χ3v) is 6.46. The maximum atomic E-state index is 12.9. The van der Waals surface area contributed by atoms with E-state index in [0.29, 0.717) is 26.2 Å². The number of anilines is 2. The number of carbonyl (C=O) groups excluding carboxylic acids is 1. The fraction of sp³-hybridized carbons (Fsp3) is 0.333. The molecule has 3 aromatic rings. The lowest BCUT2D eigenvalue weighted by Crippen LogP contribution is -2.50. The van der Waals surface area contributed by atoms with Crippen LogP contribution in [0, 0.1) is 13.8 Å². The zero-order valence-electron chi connectivity index (χ0n) is 16.6. The second-order valence-electron chi connectivity index (χ2n) is 7.36. The first-order valence-electron chi connectivity index (χ1n) is 9.57. The van der Waals surface area contributed by atoms with Gasteiger partial charge in [-0.3, -0.25) is 0 Å². The number of benzene rings is 2. The van der Waals surface area contributed by atoms with Gasteiger partial charge in [0.2, 0.25) is 0 Å². The van der Waals surface area contributed by atoms with Crippen molar-refractivity contribution in [2.24, 2.45) is 0 Å². The average molecular weight is 434 g/mol. The van der Waals surface area contributed by atoms with Crippen molar-refractivity contribution < 1.29 is 18.0 Å². The smallest absolute Gasteiger partial charge is 0.345 e. The van der Waals surface area contributed by atoms with Crippen LogP contribution in [0.3, 0.4) is 0 Å². The van der Waals surface area contributed by atoms with E-state index in [0.717, 1.165) is 28.3 Å². The minimum atomic E-state index is -4.44. The molecule has 0 unspecified atom stereocenters. The largest absolute Gasteiger partial charge is 0.416 e. The van der Waals surface area contributed by atoms with Gasteiger partial charge in [-0.05, 0) is 43.2 Å². The summed E-state index contributed by atoms with van der Waals surface area (Å²) in [5.41, 5.74) is 2.69. The lowest BCUT2D eigenvalue weighted by atomic mass is 10.1. The van der Waals surface area contributed by atoms with Crippen LogP contribution in [0.4, 0.5) is 28.8 Å². The summed E-state index contributed by atoms with van der Waals surface area (Å²) in [5.74, 6) is 0. The van der Waals surface area contributed by atoms with Crippen LogP contribution < -0.4 is 10.2 Å². The monoisotopic (exact) mass is 434 g/mol. The van der Waals surface area contributed by atoms with Crippen LogP contribution in [0.2, 0.25) is 0 Å². The highest BCUT2D eigenvalue weighted by Gasteiger charge is 2.31. The van der Waals surface area contributed by atoms with Crippen LogP contribution in [0.1, 0.15) is 16.7 Å². The molecule has 9 heteroatoms. The predicted molar refractivity (Wildman–Crippen MR) is 113 cm³/mol. The number of aryl methyl sites for hydroxylation is 2. The standard InChI is InChI=1S/C21H21F3N4OS/c1-13-6-7-14(2)18-17(13)26-20(30-18)28-10-8-27(9-11-28)19(29)25-16-5-3-4-15(12-16)21(22,23)24/h3-7,12H,8-11H2,1-2H3,(H,25,29). The van der Waals surface area contributed by atoms with Crippen LogP contribution in [0.15, 0.2) is 36.4 Å². The number of alkyl halides is 3. The molecule has 5 nitrogen and oxygen atoms in total. The van der Waals surface area contributed by atoms with Gasteiger partial charge in [0, 0.05) is 31.9 Å². The van der Waals surface area contributed by atoms with E-state index in [2.05, 4.69) is 29.3 Å². The fourth-order valence-corrected chi connectivity index (χ4v) is 4.62. The first-order chi connectivity index (χ1) is 14.2. The Hall–Kier alpha value is -2.81. The number of hydrogen-bond acceptors (Lipinski definition) is 4. The molecule has 1 fully saturated rings. The van der Waals surface area contributed by atoms with Gasteiger partial charge in [-0.25, -0.2) is 9.78 Å². The molecule has 0 atom stereocenters. The summed E-state index contributed by atoms with van der Waals surface area (Å²) in [7, 11) is 0. The van der Waals surface area contributed by atoms with Crippen molar-refractivity contribution >= 4 is 38.4 Å². The van der Waals surface area contributed by atoms with E-state index in [1.54, 1.807) is 16.2 Å². The maximum absolute atomic E-state index is 12.9. The van der Waals surface area contributed by atoms with Crippen molar-refractivity contribution in [1.82, 2.24) is 9.88 Å². The second-order valence-corrected chi connectivity index (χ2v) is 8.33. The minimum Gasteiger partial charge on any atom is -0.345 e. The summed E-state index contributed by atoms with van der Waals surface area (Å²) in [6.07, 6.45) is -4.44. The van der Waals surface area contributed by atoms with Gasteiger partial charge >= 0.3 is 12.2 Å². The molecule has 0 aliphatic carbocycles. The van der Waals surface area contributed by atoms with E-state index in [9.17, 15) is 18.0 Å². The molecule has 1 N–H and O–H groups in total. The van der Waals surface area contributed by atoms with Gasteiger partial charge in [0.25, 0.3) is 0 Å². The molecule has 0 radical (unpaired) electrons. The number of rotatable bonds is 2. The molecule has 1 aliphatic rings. The topological polar surface area (TPSA) is 48.5 Å². The van der Waals surface area contributed by atoms with Crippen LogP contribution in [-0.2, 0) is 6.18 Å². The molecule has 1 aromatic heterocycles. The molecule has 2 amide bonds. The minimum absolute atomic E-state index is 0.134. The Kier molecular flexibility index (Phi) is 5.31. The molecular weight excluding hydrogens is 413 g/mol.